The summed E-state index contributed by atoms with van der Waals surface area (Å²) in [5, 5.41) is 2.30. The maximum Gasteiger partial charge on any atom is 0.255 e. The number of nitrogens with one attached hydrogen (secondary N) is 1. The number of carbonyl (C=O) groups is 3. The molecule has 1 aromatic rings. The molecule has 22 heavy (non-hydrogen) atoms. The number of piperidine rings is 1. The van der Waals surface area contributed by atoms with Crippen LogP contribution in [0, 0.1) is 0 Å². The Balaban J connectivity index is 1.78. The van der Waals surface area contributed by atoms with E-state index < -0.39 is 6.04 Å². The number of carbonyl (C=O) groups excluding carboxylic acids is 3. The van der Waals surface area contributed by atoms with E-state index in [4.69, 9.17) is 4.74 Å². The highest BCUT2D eigenvalue weighted by molar-refractivity contribution is 6.05. The van der Waals surface area contributed by atoms with Gasteiger partial charge in [-0.05, 0) is 30.0 Å². The number of amides is 3. The highest BCUT2D eigenvalue weighted by atomic mass is 16.5. The fourth-order valence-electron chi connectivity index (χ4n) is 3.00. The van der Waals surface area contributed by atoms with Gasteiger partial charge in [0.05, 0.1) is 6.61 Å². The highest BCUT2D eigenvalue weighted by Gasteiger charge is 2.38. The van der Waals surface area contributed by atoms with E-state index in [1.54, 1.807) is 12.0 Å². The molecule has 6 nitrogen and oxygen atoms in total. The fraction of sp³-hybridized carbons (Fsp3) is 0.438. The first-order valence-corrected chi connectivity index (χ1v) is 7.35. The average Bonchev–Trinajstić information content (AvgIpc) is 2.82. The van der Waals surface area contributed by atoms with Gasteiger partial charge in [0.25, 0.3) is 5.91 Å². The molecular formula is C16H18N2O4. The van der Waals surface area contributed by atoms with Crippen molar-refractivity contribution >= 4 is 17.7 Å². The molecule has 1 atom stereocenters. The van der Waals surface area contributed by atoms with Crippen LogP contribution in [0.5, 0.6) is 0 Å². The number of imide groups is 1. The Morgan fingerprint density at radius 2 is 2.14 bits per heavy atom. The topological polar surface area (TPSA) is 75.7 Å². The van der Waals surface area contributed by atoms with Gasteiger partial charge in [0.2, 0.25) is 11.8 Å². The Morgan fingerprint density at radius 1 is 1.32 bits per heavy atom. The molecule has 2 aliphatic heterocycles. The van der Waals surface area contributed by atoms with Gasteiger partial charge in [-0.25, -0.2) is 0 Å². The van der Waals surface area contributed by atoms with Gasteiger partial charge >= 0.3 is 0 Å². The van der Waals surface area contributed by atoms with Crippen molar-refractivity contribution in [3.63, 3.8) is 0 Å². The fourth-order valence-corrected chi connectivity index (χ4v) is 3.00. The lowest BCUT2D eigenvalue weighted by Gasteiger charge is -2.29. The minimum atomic E-state index is -0.556. The summed E-state index contributed by atoms with van der Waals surface area (Å²) in [6.07, 6.45) is 1.45. The Hall–Kier alpha value is -2.21. The number of hydrogen-bond donors (Lipinski definition) is 1. The first-order chi connectivity index (χ1) is 10.6. The molecule has 2 aliphatic rings. The Kier molecular flexibility index (Phi) is 3.94. The van der Waals surface area contributed by atoms with Gasteiger partial charge in [0.15, 0.2) is 0 Å². The van der Waals surface area contributed by atoms with Gasteiger partial charge in [0.1, 0.15) is 6.04 Å². The van der Waals surface area contributed by atoms with Crippen LogP contribution in [-0.2, 0) is 27.3 Å². The summed E-state index contributed by atoms with van der Waals surface area (Å²) in [6.45, 7) is 1.05. The molecule has 2 heterocycles. The number of ether oxygens (including phenoxy) is 1. The third kappa shape index (κ3) is 2.62. The molecule has 116 valence electrons. The molecule has 0 saturated carbocycles. The van der Waals surface area contributed by atoms with Gasteiger partial charge < -0.3 is 9.64 Å². The first-order valence-electron chi connectivity index (χ1n) is 7.35. The summed E-state index contributed by atoms with van der Waals surface area (Å²) in [5.41, 5.74) is 2.69. The van der Waals surface area contributed by atoms with E-state index in [0.717, 1.165) is 17.5 Å². The van der Waals surface area contributed by atoms with E-state index in [1.807, 2.05) is 18.2 Å². The molecule has 0 aliphatic carbocycles. The molecule has 0 bridgehead atoms. The second kappa shape index (κ2) is 5.88. The van der Waals surface area contributed by atoms with Gasteiger partial charge in [-0.1, -0.05) is 12.1 Å². The third-order valence-electron chi connectivity index (χ3n) is 4.18. The highest BCUT2D eigenvalue weighted by Crippen LogP contribution is 2.28. The maximum atomic E-state index is 12.5. The minimum Gasteiger partial charge on any atom is -0.384 e. The molecule has 1 fully saturated rings. The van der Waals surface area contributed by atoms with Crippen LogP contribution in [0.3, 0.4) is 0 Å². The molecule has 0 aromatic heterocycles. The van der Waals surface area contributed by atoms with Gasteiger partial charge in [-0.2, -0.15) is 0 Å². The zero-order valence-electron chi connectivity index (χ0n) is 12.4. The van der Waals surface area contributed by atoms with Gasteiger partial charge in [-0.15, -0.1) is 0 Å². The normalized spacial score (nSPS) is 21.0. The molecule has 3 rings (SSSR count). The average molecular weight is 302 g/mol. The predicted molar refractivity (Wildman–Crippen MR) is 78.1 cm³/mol. The number of fused-ring (bicyclic) bond motifs is 1. The van der Waals surface area contributed by atoms with Crippen molar-refractivity contribution in [2.45, 2.75) is 31.8 Å². The maximum absolute atomic E-state index is 12.5. The molecule has 1 N–H and O–H groups in total. The van der Waals surface area contributed by atoms with E-state index in [1.165, 1.54) is 0 Å². The zero-order chi connectivity index (χ0) is 15.7. The van der Waals surface area contributed by atoms with E-state index in [0.29, 0.717) is 25.1 Å². The summed E-state index contributed by atoms with van der Waals surface area (Å²) >= 11 is 0. The van der Waals surface area contributed by atoms with Crippen molar-refractivity contribution in [2.75, 3.05) is 13.7 Å². The lowest BCUT2D eigenvalue weighted by atomic mass is 10.0. The zero-order valence-corrected chi connectivity index (χ0v) is 12.4. The van der Waals surface area contributed by atoms with E-state index in [2.05, 4.69) is 5.32 Å². The van der Waals surface area contributed by atoms with Crippen LogP contribution in [0.2, 0.25) is 0 Å². The van der Waals surface area contributed by atoms with Crippen LogP contribution >= 0.6 is 0 Å². The minimum absolute atomic E-state index is 0.136. The van der Waals surface area contributed by atoms with Crippen molar-refractivity contribution in [3.8, 4) is 0 Å². The molecule has 1 aromatic carbocycles. The van der Waals surface area contributed by atoms with Crippen molar-refractivity contribution in [1.29, 1.82) is 0 Å². The SMILES string of the molecule is COCCc1ccc2c(c1)CN(C1CCC(=O)NC1=O)C2=O. The molecule has 0 radical (unpaired) electrons. The lowest BCUT2D eigenvalue weighted by molar-refractivity contribution is -0.136. The van der Waals surface area contributed by atoms with Crippen LogP contribution in [0.4, 0.5) is 0 Å². The van der Waals surface area contributed by atoms with Crippen molar-refractivity contribution in [1.82, 2.24) is 10.2 Å². The first kappa shape index (κ1) is 14.7. The van der Waals surface area contributed by atoms with Crippen molar-refractivity contribution < 1.29 is 19.1 Å². The number of benzene rings is 1. The summed E-state index contributed by atoms with van der Waals surface area (Å²) < 4.78 is 5.06. The van der Waals surface area contributed by atoms with E-state index in [9.17, 15) is 14.4 Å². The van der Waals surface area contributed by atoms with Gasteiger partial charge in [-0.3, -0.25) is 19.7 Å². The van der Waals surface area contributed by atoms with Crippen molar-refractivity contribution in [3.05, 3.63) is 34.9 Å². The molecule has 0 spiro atoms. The monoisotopic (exact) mass is 302 g/mol. The van der Waals surface area contributed by atoms with Crippen LogP contribution in [0.1, 0.15) is 34.3 Å². The summed E-state index contributed by atoms with van der Waals surface area (Å²) in [4.78, 5) is 37.2. The smallest absolute Gasteiger partial charge is 0.255 e. The summed E-state index contributed by atoms with van der Waals surface area (Å²) in [7, 11) is 1.65. The number of methoxy groups -OCH3 is 1. The summed E-state index contributed by atoms with van der Waals surface area (Å²) in [5.74, 6) is -0.785. The molecule has 6 heteroatoms. The van der Waals surface area contributed by atoms with Gasteiger partial charge in [0, 0.05) is 25.6 Å². The largest absolute Gasteiger partial charge is 0.384 e. The van der Waals surface area contributed by atoms with Crippen LogP contribution < -0.4 is 5.32 Å². The third-order valence-corrected chi connectivity index (χ3v) is 4.18. The molecule has 1 unspecified atom stereocenters. The quantitative estimate of drug-likeness (QED) is 0.828. The van der Waals surface area contributed by atoms with E-state index >= 15 is 0 Å². The Bertz CT molecular complexity index is 641. The second-order valence-electron chi connectivity index (χ2n) is 5.63. The van der Waals surface area contributed by atoms with Crippen LogP contribution in [0.25, 0.3) is 0 Å². The predicted octanol–water partition coefficient (Wildman–Crippen LogP) is 0.636. The Labute approximate surface area is 128 Å². The number of rotatable bonds is 4. The molecule has 3 amide bonds. The molecule has 1 saturated heterocycles. The number of nitrogens with zero attached hydrogens (tertiary/aromatic N) is 1. The second-order valence-corrected chi connectivity index (χ2v) is 5.63. The molecular weight excluding hydrogens is 284 g/mol. The van der Waals surface area contributed by atoms with Crippen LogP contribution in [-0.4, -0.2) is 42.4 Å². The van der Waals surface area contributed by atoms with Crippen molar-refractivity contribution in [2.24, 2.45) is 0 Å². The standard InChI is InChI=1S/C16H18N2O4/c1-22-7-6-10-2-3-12-11(8-10)9-18(16(12)21)13-4-5-14(19)17-15(13)20/h2-3,8,13H,4-7,9H2,1H3,(H,17,19,20). The Morgan fingerprint density at radius 3 is 2.86 bits per heavy atom. The van der Waals surface area contributed by atoms with Crippen LogP contribution in [0.15, 0.2) is 18.2 Å². The lowest BCUT2D eigenvalue weighted by Crippen LogP contribution is -2.52. The van der Waals surface area contributed by atoms with E-state index in [-0.39, 0.29) is 24.1 Å². The number of hydrogen-bond acceptors (Lipinski definition) is 4. The summed E-state index contributed by atoms with van der Waals surface area (Å²) in [6, 6.07) is 5.18.